The van der Waals surface area contributed by atoms with Crippen molar-refractivity contribution in [1.29, 1.82) is 0 Å². The second-order valence-electron chi connectivity index (χ2n) is 7.77. The van der Waals surface area contributed by atoms with Crippen LogP contribution < -0.4 is 10.6 Å². The topological polar surface area (TPSA) is 74.6 Å². The summed E-state index contributed by atoms with van der Waals surface area (Å²) in [6.45, 7) is 2.19. The highest BCUT2D eigenvalue weighted by Gasteiger charge is 2.09. The molecule has 2 aromatic carbocycles. The first-order valence-corrected chi connectivity index (χ1v) is 10.9. The molecule has 0 radical (unpaired) electrons. The van der Waals surface area contributed by atoms with Gasteiger partial charge in [0.2, 0.25) is 0 Å². The highest BCUT2D eigenvalue weighted by Crippen LogP contribution is 2.08. The number of carbonyl (C=O) groups is 1. The minimum atomic E-state index is 0. The fourth-order valence-corrected chi connectivity index (χ4v) is 3.43. The van der Waals surface area contributed by atoms with E-state index in [9.17, 15) is 4.79 Å². The lowest BCUT2D eigenvalue weighted by atomic mass is 10.1. The summed E-state index contributed by atoms with van der Waals surface area (Å²) in [6, 6.07) is 18.2. The highest BCUT2D eigenvalue weighted by atomic mass is 127. The van der Waals surface area contributed by atoms with Crippen LogP contribution in [0, 0.1) is 0 Å². The van der Waals surface area contributed by atoms with E-state index in [1.165, 1.54) is 5.56 Å². The summed E-state index contributed by atoms with van der Waals surface area (Å²) in [5.74, 6) is 1.71. The number of rotatable bonds is 9. The number of nitrogens with one attached hydrogen (secondary N) is 2. The maximum absolute atomic E-state index is 12.2. The Morgan fingerprint density at radius 2 is 1.79 bits per heavy atom. The molecule has 1 heterocycles. The Balaban J connectivity index is 0.00000385. The average Bonchev–Trinajstić information content (AvgIpc) is 3.27. The molecule has 176 valence electrons. The van der Waals surface area contributed by atoms with Crippen molar-refractivity contribution in [2.24, 2.45) is 4.99 Å². The van der Waals surface area contributed by atoms with Gasteiger partial charge in [-0.15, -0.1) is 24.0 Å². The van der Waals surface area contributed by atoms with Crippen LogP contribution in [0.4, 0.5) is 0 Å². The van der Waals surface area contributed by atoms with Crippen LogP contribution in [-0.4, -0.2) is 54.0 Å². The molecule has 0 saturated carbocycles. The third-order valence-corrected chi connectivity index (χ3v) is 5.21. The van der Waals surface area contributed by atoms with Crippen molar-refractivity contribution < 1.29 is 4.79 Å². The molecule has 1 amide bonds. The second-order valence-corrected chi connectivity index (χ2v) is 7.77. The SMILES string of the molecule is CN=C(NCCc1cccc(C(=O)N(C)C)c1)NCc1nccn1CCc1ccccc1.I. The lowest BCUT2D eigenvalue weighted by molar-refractivity contribution is 0.0827. The molecule has 0 aliphatic heterocycles. The Morgan fingerprint density at radius 1 is 1.03 bits per heavy atom. The lowest BCUT2D eigenvalue weighted by Gasteiger charge is -2.14. The van der Waals surface area contributed by atoms with Crippen molar-refractivity contribution in [2.45, 2.75) is 25.9 Å². The van der Waals surface area contributed by atoms with E-state index in [0.717, 1.165) is 36.7 Å². The van der Waals surface area contributed by atoms with Gasteiger partial charge in [-0.1, -0.05) is 42.5 Å². The molecule has 3 rings (SSSR count). The van der Waals surface area contributed by atoms with E-state index in [-0.39, 0.29) is 29.9 Å². The van der Waals surface area contributed by atoms with Crippen LogP contribution in [0.15, 0.2) is 72.0 Å². The summed E-state index contributed by atoms with van der Waals surface area (Å²) in [5.41, 5.74) is 3.13. The highest BCUT2D eigenvalue weighted by molar-refractivity contribution is 14.0. The monoisotopic (exact) mass is 560 g/mol. The number of carbonyl (C=O) groups excluding carboxylic acids is 1. The van der Waals surface area contributed by atoms with Crippen LogP contribution in [0.2, 0.25) is 0 Å². The van der Waals surface area contributed by atoms with E-state index in [0.29, 0.717) is 18.7 Å². The number of aromatic nitrogens is 2. The predicted molar refractivity (Wildman–Crippen MR) is 144 cm³/mol. The van der Waals surface area contributed by atoms with E-state index in [2.05, 4.69) is 49.4 Å². The number of benzene rings is 2. The van der Waals surface area contributed by atoms with Gasteiger partial charge in [0.05, 0.1) is 6.54 Å². The van der Waals surface area contributed by atoms with Crippen LogP contribution in [0.25, 0.3) is 0 Å². The van der Waals surface area contributed by atoms with Crippen LogP contribution in [0.1, 0.15) is 27.3 Å². The Morgan fingerprint density at radius 3 is 2.52 bits per heavy atom. The molecule has 0 bridgehead atoms. The van der Waals surface area contributed by atoms with E-state index in [1.54, 1.807) is 26.0 Å². The van der Waals surface area contributed by atoms with Gasteiger partial charge < -0.3 is 20.1 Å². The van der Waals surface area contributed by atoms with E-state index in [4.69, 9.17) is 0 Å². The molecule has 1 aromatic heterocycles. The fourth-order valence-electron chi connectivity index (χ4n) is 3.43. The molecule has 0 fully saturated rings. The smallest absolute Gasteiger partial charge is 0.253 e. The summed E-state index contributed by atoms with van der Waals surface area (Å²) in [6.07, 6.45) is 5.60. The maximum Gasteiger partial charge on any atom is 0.253 e. The molecule has 0 saturated heterocycles. The van der Waals surface area contributed by atoms with Gasteiger partial charge in [0, 0.05) is 52.2 Å². The molecule has 0 aliphatic rings. The Bertz CT molecular complexity index is 1030. The number of nitrogens with zero attached hydrogens (tertiary/aromatic N) is 4. The number of imidazole rings is 1. The van der Waals surface area contributed by atoms with Crippen LogP contribution in [0.3, 0.4) is 0 Å². The van der Waals surface area contributed by atoms with Crippen LogP contribution in [0.5, 0.6) is 0 Å². The number of halogens is 1. The first-order chi connectivity index (χ1) is 15.6. The minimum Gasteiger partial charge on any atom is -0.356 e. The van der Waals surface area contributed by atoms with Gasteiger partial charge in [-0.05, 0) is 36.1 Å². The van der Waals surface area contributed by atoms with Crippen LogP contribution >= 0.6 is 24.0 Å². The Labute approximate surface area is 213 Å². The van der Waals surface area contributed by atoms with Gasteiger partial charge in [0.1, 0.15) is 5.82 Å². The van der Waals surface area contributed by atoms with Crippen molar-refractivity contribution in [3.8, 4) is 0 Å². The Hall–Kier alpha value is -2.88. The van der Waals surface area contributed by atoms with Crippen molar-refractivity contribution in [1.82, 2.24) is 25.1 Å². The second kappa shape index (κ2) is 13.6. The molecular formula is C25H33IN6O. The zero-order chi connectivity index (χ0) is 22.8. The van der Waals surface area contributed by atoms with Gasteiger partial charge in [0.25, 0.3) is 5.91 Å². The third kappa shape index (κ3) is 8.20. The summed E-state index contributed by atoms with van der Waals surface area (Å²) in [7, 11) is 5.28. The fraction of sp³-hybridized carbons (Fsp3) is 0.320. The summed E-state index contributed by atoms with van der Waals surface area (Å²) in [5, 5.41) is 6.67. The van der Waals surface area contributed by atoms with E-state index in [1.807, 2.05) is 42.7 Å². The molecule has 7 nitrogen and oxygen atoms in total. The zero-order valence-electron chi connectivity index (χ0n) is 19.5. The normalized spacial score (nSPS) is 10.9. The molecule has 8 heteroatoms. The zero-order valence-corrected chi connectivity index (χ0v) is 21.8. The average molecular weight is 560 g/mol. The molecule has 2 N–H and O–H groups in total. The largest absolute Gasteiger partial charge is 0.356 e. The predicted octanol–water partition coefficient (Wildman–Crippen LogP) is 3.35. The number of guanidine groups is 1. The van der Waals surface area contributed by atoms with Gasteiger partial charge in [-0.2, -0.15) is 0 Å². The van der Waals surface area contributed by atoms with E-state index < -0.39 is 0 Å². The molecule has 0 atom stereocenters. The van der Waals surface area contributed by atoms with Crippen molar-refractivity contribution in [3.63, 3.8) is 0 Å². The number of hydrogen-bond donors (Lipinski definition) is 2. The number of aliphatic imine (C=N–C) groups is 1. The summed E-state index contributed by atoms with van der Waals surface area (Å²) in [4.78, 5) is 22.5. The molecular weight excluding hydrogens is 527 g/mol. The molecule has 33 heavy (non-hydrogen) atoms. The molecule has 0 aliphatic carbocycles. The molecule has 0 spiro atoms. The van der Waals surface area contributed by atoms with Crippen LogP contribution in [-0.2, 0) is 25.9 Å². The minimum absolute atomic E-state index is 0. The number of hydrogen-bond acceptors (Lipinski definition) is 3. The Kier molecular flexibility index (Phi) is 10.9. The number of amides is 1. The van der Waals surface area contributed by atoms with Crippen molar-refractivity contribution in [3.05, 3.63) is 89.5 Å². The van der Waals surface area contributed by atoms with Gasteiger partial charge >= 0.3 is 0 Å². The first-order valence-electron chi connectivity index (χ1n) is 10.9. The summed E-state index contributed by atoms with van der Waals surface area (Å²) >= 11 is 0. The van der Waals surface area contributed by atoms with Crippen molar-refractivity contribution in [2.75, 3.05) is 27.7 Å². The van der Waals surface area contributed by atoms with Gasteiger partial charge in [-0.3, -0.25) is 9.79 Å². The maximum atomic E-state index is 12.2. The van der Waals surface area contributed by atoms with E-state index >= 15 is 0 Å². The molecule has 3 aromatic rings. The van der Waals surface area contributed by atoms with Crippen molar-refractivity contribution >= 4 is 35.8 Å². The lowest BCUT2D eigenvalue weighted by Crippen LogP contribution is -2.38. The number of aryl methyl sites for hydroxylation is 2. The summed E-state index contributed by atoms with van der Waals surface area (Å²) < 4.78 is 2.17. The standard InChI is InChI=1S/C25H32N6O.HI/c1-26-25(28-14-12-21-10-7-11-22(18-21)24(32)30(2)3)29-19-23-27-15-17-31(23)16-13-20-8-5-4-6-9-20;/h4-11,15,17-18H,12-14,16,19H2,1-3H3,(H2,26,28,29);1H. The molecule has 0 unspecified atom stereocenters. The van der Waals surface area contributed by atoms with Gasteiger partial charge in [0.15, 0.2) is 5.96 Å². The quantitative estimate of drug-likeness (QED) is 0.239. The first kappa shape index (κ1) is 26.4. The third-order valence-electron chi connectivity index (χ3n) is 5.21. The van der Waals surface area contributed by atoms with Gasteiger partial charge in [-0.25, -0.2) is 4.98 Å².